The Morgan fingerprint density at radius 2 is 2.29 bits per heavy atom. The Hall–Kier alpha value is -1.31. The van der Waals surface area contributed by atoms with Crippen molar-refractivity contribution in [2.45, 2.75) is 32.3 Å². The van der Waals surface area contributed by atoms with Crippen molar-refractivity contribution in [2.75, 3.05) is 0 Å². The van der Waals surface area contributed by atoms with E-state index in [1.54, 1.807) is 18.4 Å². The molecule has 76 valence electrons. The predicted octanol–water partition coefficient (Wildman–Crippen LogP) is 2.77. The molecule has 0 aromatic rings. The van der Waals surface area contributed by atoms with Gasteiger partial charge < -0.3 is 4.74 Å². The Kier molecular flexibility index (Phi) is 3.69. The van der Waals surface area contributed by atoms with E-state index in [4.69, 9.17) is 4.74 Å². The highest BCUT2D eigenvalue weighted by atomic mass is 16.5. The molecule has 2 heteroatoms. The average molecular weight is 192 g/mol. The molecule has 0 amide bonds. The number of aldehydes is 1. The van der Waals surface area contributed by atoms with Crippen molar-refractivity contribution >= 4 is 6.29 Å². The number of allylic oxidation sites excluding steroid dienone is 5. The minimum absolute atomic E-state index is 0.132. The van der Waals surface area contributed by atoms with E-state index in [-0.39, 0.29) is 5.60 Å². The second-order valence-electron chi connectivity index (χ2n) is 3.93. The molecule has 0 unspecified atom stereocenters. The molecule has 0 spiro atoms. The lowest BCUT2D eigenvalue weighted by Crippen LogP contribution is -2.21. The summed E-state index contributed by atoms with van der Waals surface area (Å²) < 4.78 is 5.52. The van der Waals surface area contributed by atoms with E-state index in [1.165, 1.54) is 0 Å². The molecule has 0 radical (unpaired) electrons. The summed E-state index contributed by atoms with van der Waals surface area (Å²) in [7, 11) is 0. The van der Waals surface area contributed by atoms with Crippen LogP contribution < -0.4 is 0 Å². The molecule has 0 aromatic carbocycles. The molecule has 1 aliphatic heterocycles. The summed E-state index contributed by atoms with van der Waals surface area (Å²) in [6, 6.07) is 0. The summed E-state index contributed by atoms with van der Waals surface area (Å²) in [6.45, 7) is 4.11. The topological polar surface area (TPSA) is 26.3 Å². The van der Waals surface area contributed by atoms with Crippen LogP contribution in [0.1, 0.15) is 26.7 Å². The maximum atomic E-state index is 10.6. The van der Waals surface area contributed by atoms with Crippen molar-refractivity contribution in [1.29, 1.82) is 0 Å². The van der Waals surface area contributed by atoms with Crippen molar-refractivity contribution in [1.82, 2.24) is 0 Å². The highest BCUT2D eigenvalue weighted by Gasteiger charge is 2.16. The van der Waals surface area contributed by atoms with Crippen LogP contribution in [0.15, 0.2) is 36.1 Å². The molecule has 1 heterocycles. The third-order valence-corrected chi connectivity index (χ3v) is 2.11. The Morgan fingerprint density at radius 1 is 1.50 bits per heavy atom. The van der Waals surface area contributed by atoms with Gasteiger partial charge in [0.1, 0.15) is 11.9 Å². The van der Waals surface area contributed by atoms with Gasteiger partial charge in [-0.15, -0.1) is 0 Å². The van der Waals surface area contributed by atoms with E-state index in [0.717, 1.165) is 19.1 Å². The van der Waals surface area contributed by atoms with E-state index >= 15 is 0 Å². The van der Waals surface area contributed by atoms with Crippen LogP contribution in [-0.4, -0.2) is 11.9 Å². The molecular formula is C12H16O2. The molecule has 0 atom stereocenters. The van der Waals surface area contributed by atoms with Crippen molar-refractivity contribution in [3.63, 3.8) is 0 Å². The summed E-state index contributed by atoms with van der Waals surface area (Å²) >= 11 is 0. The van der Waals surface area contributed by atoms with Crippen molar-refractivity contribution in [3.05, 3.63) is 36.1 Å². The molecule has 0 aliphatic carbocycles. The SMILES string of the molecule is CC1(C)CC/C=C/C(C=O)=C\C=C\O1. The molecule has 1 rings (SSSR count). The highest BCUT2D eigenvalue weighted by molar-refractivity contribution is 5.77. The molecule has 2 nitrogen and oxygen atoms in total. The Balaban J connectivity index is 2.77. The predicted molar refractivity (Wildman–Crippen MR) is 56.8 cm³/mol. The number of rotatable bonds is 1. The van der Waals surface area contributed by atoms with Crippen LogP contribution in [0.5, 0.6) is 0 Å². The standard InChI is InChI=1S/C12H16O2/c1-12(2)8-4-3-6-11(10-13)7-5-9-14-12/h3,5-7,9-10H,4,8H2,1-2H3/b6-3+,9-5+,11-7+. The molecule has 0 fully saturated rings. The van der Waals surface area contributed by atoms with Crippen LogP contribution in [0.3, 0.4) is 0 Å². The summed E-state index contributed by atoms with van der Waals surface area (Å²) in [5, 5.41) is 0. The van der Waals surface area contributed by atoms with Crippen molar-refractivity contribution in [3.8, 4) is 0 Å². The van der Waals surface area contributed by atoms with Gasteiger partial charge in [-0.25, -0.2) is 0 Å². The van der Waals surface area contributed by atoms with Crippen LogP contribution in [0, 0.1) is 0 Å². The fourth-order valence-electron chi connectivity index (χ4n) is 1.22. The van der Waals surface area contributed by atoms with Gasteiger partial charge in [0.05, 0.1) is 6.26 Å². The Bertz CT molecular complexity index is 283. The number of carbonyl (C=O) groups is 1. The van der Waals surface area contributed by atoms with Gasteiger partial charge >= 0.3 is 0 Å². The van der Waals surface area contributed by atoms with Crippen molar-refractivity contribution in [2.24, 2.45) is 0 Å². The summed E-state index contributed by atoms with van der Waals surface area (Å²) in [5.41, 5.74) is 0.539. The van der Waals surface area contributed by atoms with Gasteiger partial charge in [0.15, 0.2) is 0 Å². The Labute approximate surface area is 85.0 Å². The fraction of sp³-hybridized carbons (Fsp3) is 0.417. The number of carbonyl (C=O) groups excluding carboxylic acids is 1. The monoisotopic (exact) mass is 192 g/mol. The Morgan fingerprint density at radius 3 is 3.00 bits per heavy atom. The van der Waals surface area contributed by atoms with E-state index in [9.17, 15) is 4.79 Å². The van der Waals surface area contributed by atoms with Gasteiger partial charge in [-0.1, -0.05) is 12.2 Å². The highest BCUT2D eigenvalue weighted by Crippen LogP contribution is 2.18. The molecule has 0 saturated carbocycles. The number of hydrogen-bond donors (Lipinski definition) is 0. The van der Waals surface area contributed by atoms with Gasteiger partial charge in [0.2, 0.25) is 0 Å². The first kappa shape index (κ1) is 10.8. The molecular weight excluding hydrogens is 176 g/mol. The molecule has 0 saturated heterocycles. The quantitative estimate of drug-likeness (QED) is 0.597. The van der Waals surface area contributed by atoms with Crippen LogP contribution in [0.2, 0.25) is 0 Å². The lowest BCUT2D eigenvalue weighted by atomic mass is 10.0. The van der Waals surface area contributed by atoms with Crippen LogP contribution in [0.4, 0.5) is 0 Å². The van der Waals surface area contributed by atoms with Crippen LogP contribution >= 0.6 is 0 Å². The molecule has 0 bridgehead atoms. The number of ether oxygens (including phenoxy) is 1. The first-order chi connectivity index (χ1) is 6.64. The minimum atomic E-state index is -0.132. The van der Waals surface area contributed by atoms with E-state index in [0.29, 0.717) is 5.57 Å². The molecule has 0 N–H and O–H groups in total. The average Bonchev–Trinajstić information content (AvgIpc) is 2.15. The summed E-state index contributed by atoms with van der Waals surface area (Å²) in [6.07, 6.45) is 11.7. The second kappa shape index (κ2) is 4.80. The summed E-state index contributed by atoms with van der Waals surface area (Å²) in [5.74, 6) is 0. The van der Waals surface area contributed by atoms with Gasteiger partial charge in [0, 0.05) is 5.57 Å². The van der Waals surface area contributed by atoms with E-state index < -0.39 is 0 Å². The third-order valence-electron chi connectivity index (χ3n) is 2.11. The van der Waals surface area contributed by atoms with E-state index in [2.05, 4.69) is 13.8 Å². The van der Waals surface area contributed by atoms with Gasteiger partial charge in [-0.2, -0.15) is 0 Å². The fourth-order valence-corrected chi connectivity index (χ4v) is 1.22. The smallest absolute Gasteiger partial charge is 0.150 e. The van der Waals surface area contributed by atoms with Crippen LogP contribution in [0.25, 0.3) is 0 Å². The second-order valence-corrected chi connectivity index (χ2v) is 3.93. The lowest BCUT2D eigenvalue weighted by Gasteiger charge is -2.23. The normalized spacial score (nSPS) is 29.1. The van der Waals surface area contributed by atoms with Gasteiger partial charge in [-0.05, 0) is 38.8 Å². The molecule has 14 heavy (non-hydrogen) atoms. The minimum Gasteiger partial charge on any atom is -0.495 e. The zero-order valence-electron chi connectivity index (χ0n) is 8.69. The van der Waals surface area contributed by atoms with Crippen LogP contribution in [-0.2, 0) is 9.53 Å². The van der Waals surface area contributed by atoms with Gasteiger partial charge in [-0.3, -0.25) is 4.79 Å². The zero-order chi connectivity index (χ0) is 10.4. The summed E-state index contributed by atoms with van der Waals surface area (Å²) in [4.78, 5) is 10.6. The molecule has 0 aromatic heterocycles. The molecule has 1 aliphatic rings. The van der Waals surface area contributed by atoms with Gasteiger partial charge in [0.25, 0.3) is 0 Å². The zero-order valence-corrected chi connectivity index (χ0v) is 8.69. The maximum absolute atomic E-state index is 10.6. The maximum Gasteiger partial charge on any atom is 0.150 e. The number of hydrogen-bond acceptors (Lipinski definition) is 2. The van der Waals surface area contributed by atoms with E-state index in [1.807, 2.05) is 12.2 Å². The largest absolute Gasteiger partial charge is 0.495 e. The third kappa shape index (κ3) is 3.60. The first-order valence-electron chi connectivity index (χ1n) is 4.80. The van der Waals surface area contributed by atoms with Crippen molar-refractivity contribution < 1.29 is 9.53 Å². The first-order valence-corrected chi connectivity index (χ1v) is 4.80. The lowest BCUT2D eigenvalue weighted by molar-refractivity contribution is -0.104.